The van der Waals surface area contributed by atoms with Crippen molar-refractivity contribution in [2.24, 2.45) is 0 Å². The van der Waals surface area contributed by atoms with Crippen LogP contribution in [0, 0.1) is 0 Å². The molecular weight excluding hydrogens is 390 g/mol. The monoisotopic (exact) mass is 417 g/mol. The fraction of sp³-hybridized carbons (Fsp3) is 0.476. The second-order valence-electron chi connectivity index (χ2n) is 7.62. The van der Waals surface area contributed by atoms with Crippen molar-refractivity contribution in [1.82, 2.24) is 10.2 Å². The van der Waals surface area contributed by atoms with E-state index in [1.165, 1.54) is 6.07 Å². The summed E-state index contributed by atoms with van der Waals surface area (Å²) in [7, 11) is 0. The number of amides is 4. The molecule has 1 atom stereocenters. The maximum Gasteiger partial charge on any atom is 0.325 e. The molecule has 0 bridgehead atoms. The zero-order valence-corrected chi connectivity index (χ0v) is 17.8. The highest BCUT2D eigenvalue weighted by Gasteiger charge is 2.45. The van der Waals surface area contributed by atoms with E-state index in [2.05, 4.69) is 10.6 Å². The number of nitrogens with one attached hydrogen (secondary N) is 2. The van der Waals surface area contributed by atoms with E-state index in [0.717, 1.165) is 4.90 Å². The number of nitrogens with zero attached hydrogens (tertiary/aromatic N) is 1. The molecule has 4 amide bonds. The van der Waals surface area contributed by atoms with Gasteiger partial charge in [-0.2, -0.15) is 0 Å². The Morgan fingerprint density at radius 3 is 2.43 bits per heavy atom. The van der Waals surface area contributed by atoms with Crippen molar-refractivity contribution in [2.45, 2.75) is 59.1 Å². The number of carbonyl (C=O) groups is 5. The maximum absolute atomic E-state index is 12.9. The SMILES string of the molecule is CC.CC(C)(C)OC(=O)CNc1cccc2c1C(=O)N(C1CCC(=O)NC1=O)C2=O. The molecule has 0 saturated carbocycles. The molecule has 0 aromatic heterocycles. The first-order valence-corrected chi connectivity index (χ1v) is 9.89. The van der Waals surface area contributed by atoms with E-state index in [0.29, 0.717) is 5.69 Å². The van der Waals surface area contributed by atoms with Crippen LogP contribution in [0.5, 0.6) is 0 Å². The first-order chi connectivity index (χ1) is 14.1. The molecular formula is C21H27N3O6. The van der Waals surface area contributed by atoms with E-state index in [4.69, 9.17) is 4.74 Å². The lowest BCUT2D eigenvalue weighted by atomic mass is 10.0. The number of imide groups is 2. The van der Waals surface area contributed by atoms with Crippen LogP contribution in [0.4, 0.5) is 5.69 Å². The van der Waals surface area contributed by atoms with Crippen LogP contribution in [0.3, 0.4) is 0 Å². The molecule has 0 radical (unpaired) electrons. The van der Waals surface area contributed by atoms with Gasteiger partial charge < -0.3 is 10.1 Å². The third kappa shape index (κ3) is 4.84. The van der Waals surface area contributed by atoms with Crippen molar-refractivity contribution in [1.29, 1.82) is 0 Å². The number of anilines is 1. The number of hydrogen-bond donors (Lipinski definition) is 2. The van der Waals surface area contributed by atoms with Crippen LogP contribution in [0.25, 0.3) is 0 Å². The van der Waals surface area contributed by atoms with Gasteiger partial charge in [0.15, 0.2) is 0 Å². The second kappa shape index (κ2) is 9.06. The minimum absolute atomic E-state index is 0.0492. The van der Waals surface area contributed by atoms with E-state index < -0.39 is 41.2 Å². The van der Waals surface area contributed by atoms with Crippen molar-refractivity contribution < 1.29 is 28.7 Å². The summed E-state index contributed by atoms with van der Waals surface area (Å²) >= 11 is 0. The van der Waals surface area contributed by atoms with Crippen LogP contribution in [0.1, 0.15) is 68.2 Å². The Balaban J connectivity index is 0.00000155. The van der Waals surface area contributed by atoms with E-state index in [9.17, 15) is 24.0 Å². The van der Waals surface area contributed by atoms with Crippen molar-refractivity contribution >= 4 is 35.3 Å². The van der Waals surface area contributed by atoms with E-state index in [-0.39, 0.29) is 30.5 Å². The Kier molecular flexibility index (Phi) is 6.96. The predicted molar refractivity (Wildman–Crippen MR) is 109 cm³/mol. The van der Waals surface area contributed by atoms with E-state index in [1.54, 1.807) is 32.9 Å². The van der Waals surface area contributed by atoms with Crippen LogP contribution in [0.15, 0.2) is 18.2 Å². The summed E-state index contributed by atoms with van der Waals surface area (Å²) in [6.45, 7) is 9.04. The smallest absolute Gasteiger partial charge is 0.325 e. The molecule has 1 aromatic rings. The van der Waals surface area contributed by atoms with Crippen molar-refractivity contribution in [3.05, 3.63) is 29.3 Å². The van der Waals surface area contributed by atoms with E-state index >= 15 is 0 Å². The van der Waals surface area contributed by atoms with Gasteiger partial charge in [-0.1, -0.05) is 19.9 Å². The summed E-state index contributed by atoms with van der Waals surface area (Å²) in [6.07, 6.45) is 0.129. The molecule has 9 nitrogen and oxygen atoms in total. The average molecular weight is 417 g/mol. The Bertz CT molecular complexity index is 887. The van der Waals surface area contributed by atoms with Gasteiger partial charge in [-0.05, 0) is 39.3 Å². The number of fused-ring (bicyclic) bond motifs is 1. The fourth-order valence-electron chi connectivity index (χ4n) is 3.21. The summed E-state index contributed by atoms with van der Waals surface area (Å²) in [5, 5.41) is 4.98. The quantitative estimate of drug-likeness (QED) is 0.566. The summed E-state index contributed by atoms with van der Waals surface area (Å²) < 4.78 is 5.22. The number of benzene rings is 1. The molecule has 1 fully saturated rings. The summed E-state index contributed by atoms with van der Waals surface area (Å²) in [5.41, 5.74) is -0.104. The molecule has 3 rings (SSSR count). The highest BCUT2D eigenvalue weighted by Crippen LogP contribution is 2.32. The Morgan fingerprint density at radius 1 is 1.17 bits per heavy atom. The van der Waals surface area contributed by atoms with Crippen LogP contribution >= 0.6 is 0 Å². The number of esters is 1. The van der Waals surface area contributed by atoms with Crippen LogP contribution in [-0.4, -0.2) is 52.7 Å². The molecule has 2 aliphatic rings. The molecule has 1 aromatic carbocycles. The molecule has 2 N–H and O–H groups in total. The van der Waals surface area contributed by atoms with Crippen LogP contribution in [-0.2, 0) is 19.1 Å². The molecule has 162 valence electrons. The van der Waals surface area contributed by atoms with Gasteiger partial charge in [0.1, 0.15) is 18.2 Å². The Labute approximate surface area is 175 Å². The summed E-state index contributed by atoms with van der Waals surface area (Å²) in [6, 6.07) is 3.60. The normalized spacial score (nSPS) is 18.3. The minimum atomic E-state index is -1.04. The zero-order valence-electron chi connectivity index (χ0n) is 17.8. The van der Waals surface area contributed by atoms with Gasteiger partial charge in [0.05, 0.1) is 11.1 Å². The van der Waals surface area contributed by atoms with Crippen molar-refractivity contribution in [3.8, 4) is 0 Å². The average Bonchev–Trinajstić information content (AvgIpc) is 2.92. The van der Waals surface area contributed by atoms with Crippen LogP contribution < -0.4 is 10.6 Å². The third-order valence-electron chi connectivity index (χ3n) is 4.31. The van der Waals surface area contributed by atoms with Gasteiger partial charge in [0.2, 0.25) is 11.8 Å². The van der Waals surface area contributed by atoms with Gasteiger partial charge in [0, 0.05) is 12.1 Å². The zero-order chi connectivity index (χ0) is 22.6. The highest BCUT2D eigenvalue weighted by molar-refractivity contribution is 6.25. The number of hydrogen-bond acceptors (Lipinski definition) is 7. The van der Waals surface area contributed by atoms with Crippen molar-refractivity contribution in [2.75, 3.05) is 11.9 Å². The number of rotatable bonds is 4. The molecule has 0 aliphatic carbocycles. The van der Waals surface area contributed by atoms with Crippen molar-refractivity contribution in [3.63, 3.8) is 0 Å². The Hall–Kier alpha value is -3.23. The minimum Gasteiger partial charge on any atom is -0.459 e. The largest absolute Gasteiger partial charge is 0.459 e. The lowest BCUT2D eigenvalue weighted by Gasteiger charge is -2.27. The summed E-state index contributed by atoms with van der Waals surface area (Å²) in [5.74, 6) is -2.85. The lowest BCUT2D eigenvalue weighted by molar-refractivity contribution is -0.152. The molecule has 2 aliphatic heterocycles. The van der Waals surface area contributed by atoms with Gasteiger partial charge in [-0.15, -0.1) is 0 Å². The number of ether oxygens (including phenoxy) is 1. The topological polar surface area (TPSA) is 122 Å². The number of piperidine rings is 1. The molecule has 1 unspecified atom stereocenters. The number of carbonyl (C=O) groups excluding carboxylic acids is 5. The molecule has 1 saturated heterocycles. The standard InChI is InChI=1S/C19H21N3O6.C2H6/c1-19(2,3)28-14(24)9-20-11-6-4-5-10-15(11)18(27)22(17(10)26)12-7-8-13(23)21-16(12)25;1-2/h4-6,12,20H,7-9H2,1-3H3,(H,21,23,25);1-2H3. The Morgan fingerprint density at radius 2 is 1.83 bits per heavy atom. The lowest BCUT2D eigenvalue weighted by Crippen LogP contribution is -2.54. The molecule has 30 heavy (non-hydrogen) atoms. The molecule has 0 spiro atoms. The predicted octanol–water partition coefficient (Wildman–Crippen LogP) is 1.87. The second-order valence-corrected chi connectivity index (χ2v) is 7.62. The summed E-state index contributed by atoms with van der Waals surface area (Å²) in [4.78, 5) is 61.9. The first kappa shape index (κ1) is 23.1. The molecule has 9 heteroatoms. The van der Waals surface area contributed by atoms with Crippen LogP contribution in [0.2, 0.25) is 0 Å². The van der Waals surface area contributed by atoms with E-state index in [1.807, 2.05) is 13.8 Å². The van der Waals surface area contributed by atoms with Gasteiger partial charge >= 0.3 is 5.97 Å². The highest BCUT2D eigenvalue weighted by atomic mass is 16.6. The third-order valence-corrected chi connectivity index (χ3v) is 4.31. The fourth-order valence-corrected chi connectivity index (χ4v) is 3.21. The van der Waals surface area contributed by atoms with Gasteiger partial charge in [-0.25, -0.2) is 0 Å². The van der Waals surface area contributed by atoms with Gasteiger partial charge in [-0.3, -0.25) is 34.2 Å². The van der Waals surface area contributed by atoms with Gasteiger partial charge in [0.25, 0.3) is 11.8 Å². The maximum atomic E-state index is 12.9. The molecule has 2 heterocycles. The first-order valence-electron chi connectivity index (χ1n) is 9.89.